The normalized spacial score (nSPS) is 13.3. The second-order valence-electron chi connectivity index (χ2n) is 11.6. The van der Waals surface area contributed by atoms with Gasteiger partial charge in [0.25, 0.3) is 0 Å². The molecule has 254 valence electrons. The number of amides is 1. The molecule has 3 aromatic carbocycles. The quantitative estimate of drug-likeness (QED) is 0.186. The summed E-state index contributed by atoms with van der Waals surface area (Å²) in [7, 11) is 5.12. The Morgan fingerprint density at radius 2 is 1.67 bits per heavy atom. The topological polar surface area (TPSA) is 102 Å². The van der Waals surface area contributed by atoms with Gasteiger partial charge in [0.1, 0.15) is 23.1 Å². The summed E-state index contributed by atoms with van der Waals surface area (Å²) in [6.45, 7) is 5.73. The minimum atomic E-state index is -3.00. The molecule has 1 aliphatic rings. The average Bonchev–Trinajstić information content (AvgIpc) is 3.05. The standard InChI is InChI=1S/C35H40F2N6O5/c1-22-17-23(2)32(24(3)18-22)48-35(44)43(21-25-19-27(45-5)8-10-29(25)46-6)31-11-12-38-34(40-31)39-26-7-9-28(30(20-26)47-33(36)37)42-15-13-41(4)14-16-42/h7-12,17-20,33H,13-16,21H2,1-6H3,(H,38,39,40). The van der Waals surface area contributed by atoms with Gasteiger partial charge in [-0.05, 0) is 75.3 Å². The molecule has 11 nitrogen and oxygen atoms in total. The summed E-state index contributed by atoms with van der Waals surface area (Å²) in [6.07, 6.45) is 0.814. The summed E-state index contributed by atoms with van der Waals surface area (Å²) in [5, 5.41) is 3.07. The molecule has 13 heteroatoms. The molecular formula is C35H40F2N6O5. The number of alkyl halides is 2. The molecule has 1 amide bonds. The first-order valence-electron chi connectivity index (χ1n) is 15.4. The summed E-state index contributed by atoms with van der Waals surface area (Å²) in [5.74, 6) is 1.96. The number of carbonyl (C=O) groups is 1. The number of aromatic nitrogens is 2. The van der Waals surface area contributed by atoms with Gasteiger partial charge in [0.15, 0.2) is 5.75 Å². The van der Waals surface area contributed by atoms with E-state index in [4.69, 9.17) is 18.9 Å². The lowest BCUT2D eigenvalue weighted by molar-refractivity contribution is -0.0495. The summed E-state index contributed by atoms with van der Waals surface area (Å²) in [4.78, 5) is 28.5. The minimum absolute atomic E-state index is 0.0196. The minimum Gasteiger partial charge on any atom is -0.497 e. The van der Waals surface area contributed by atoms with Crippen LogP contribution in [0.2, 0.25) is 0 Å². The molecule has 0 aliphatic carbocycles. The first-order chi connectivity index (χ1) is 23.0. The number of hydrogen-bond donors (Lipinski definition) is 1. The number of likely N-dealkylation sites (N-methyl/N-ethyl adjacent to an activating group) is 1. The zero-order valence-corrected chi connectivity index (χ0v) is 27.9. The number of nitrogens with one attached hydrogen (secondary N) is 1. The van der Waals surface area contributed by atoms with Crippen molar-refractivity contribution in [3.05, 3.63) is 83.0 Å². The molecule has 2 heterocycles. The third kappa shape index (κ3) is 8.21. The van der Waals surface area contributed by atoms with E-state index in [0.29, 0.717) is 47.3 Å². The van der Waals surface area contributed by atoms with Crippen molar-refractivity contribution in [3.63, 3.8) is 0 Å². The van der Waals surface area contributed by atoms with Crippen molar-refractivity contribution in [2.24, 2.45) is 0 Å². The number of benzene rings is 3. The maximum atomic E-state index is 13.9. The van der Waals surface area contributed by atoms with Crippen molar-refractivity contribution in [2.75, 3.05) is 62.6 Å². The molecule has 0 atom stereocenters. The Labute approximate surface area is 279 Å². The van der Waals surface area contributed by atoms with E-state index >= 15 is 0 Å². The third-order valence-corrected chi connectivity index (χ3v) is 8.02. The van der Waals surface area contributed by atoms with Gasteiger partial charge in [-0.3, -0.25) is 4.90 Å². The van der Waals surface area contributed by atoms with Crippen LogP contribution in [0, 0.1) is 20.8 Å². The lowest BCUT2D eigenvalue weighted by Crippen LogP contribution is -2.44. The molecule has 1 fully saturated rings. The van der Waals surface area contributed by atoms with Crippen molar-refractivity contribution < 1.29 is 32.5 Å². The van der Waals surface area contributed by atoms with Crippen molar-refractivity contribution in [1.82, 2.24) is 14.9 Å². The lowest BCUT2D eigenvalue weighted by Gasteiger charge is -2.35. The fourth-order valence-corrected chi connectivity index (χ4v) is 5.66. The molecule has 4 aromatic rings. The van der Waals surface area contributed by atoms with Gasteiger partial charge in [0, 0.05) is 49.7 Å². The molecule has 0 saturated carbocycles. The van der Waals surface area contributed by atoms with Crippen molar-refractivity contribution in [1.29, 1.82) is 0 Å². The van der Waals surface area contributed by atoms with E-state index in [1.54, 1.807) is 50.6 Å². The molecule has 1 aromatic heterocycles. The van der Waals surface area contributed by atoms with E-state index in [1.807, 2.05) is 44.9 Å². The molecular weight excluding hydrogens is 622 g/mol. The summed E-state index contributed by atoms with van der Waals surface area (Å²) in [6, 6.07) is 15.7. The number of anilines is 4. The maximum absolute atomic E-state index is 13.9. The van der Waals surface area contributed by atoms with Crippen LogP contribution in [0.25, 0.3) is 0 Å². The maximum Gasteiger partial charge on any atom is 0.421 e. The highest BCUT2D eigenvalue weighted by Gasteiger charge is 2.25. The fraction of sp³-hybridized carbons (Fsp3) is 0.343. The SMILES string of the molecule is COc1ccc(OC)c(CN(C(=O)Oc2c(C)cc(C)cc2C)c2ccnc(Nc3ccc(N4CCN(C)CC4)c(OC(F)F)c3)n2)c1. The van der Waals surface area contributed by atoms with Crippen LogP contribution in [0.3, 0.4) is 0 Å². The number of methoxy groups -OCH3 is 2. The third-order valence-electron chi connectivity index (χ3n) is 8.02. The lowest BCUT2D eigenvalue weighted by atomic mass is 10.1. The number of carbonyl (C=O) groups excluding carboxylic acids is 1. The molecule has 1 N–H and O–H groups in total. The van der Waals surface area contributed by atoms with Gasteiger partial charge >= 0.3 is 12.7 Å². The first-order valence-corrected chi connectivity index (χ1v) is 15.4. The highest BCUT2D eigenvalue weighted by molar-refractivity contribution is 5.88. The molecule has 1 aliphatic heterocycles. The second kappa shape index (κ2) is 15.2. The Balaban J connectivity index is 1.47. The van der Waals surface area contributed by atoms with E-state index < -0.39 is 12.7 Å². The average molecular weight is 663 g/mol. The molecule has 0 bridgehead atoms. The second-order valence-corrected chi connectivity index (χ2v) is 11.6. The van der Waals surface area contributed by atoms with Crippen LogP contribution in [-0.4, -0.2) is 75.0 Å². The van der Waals surface area contributed by atoms with Gasteiger partial charge in [-0.1, -0.05) is 17.7 Å². The zero-order chi connectivity index (χ0) is 34.4. The zero-order valence-electron chi connectivity index (χ0n) is 27.9. The van der Waals surface area contributed by atoms with Crippen molar-refractivity contribution in [3.8, 4) is 23.0 Å². The summed E-state index contributed by atoms with van der Waals surface area (Å²) >= 11 is 0. The molecule has 5 rings (SSSR count). The Kier molecular flexibility index (Phi) is 10.8. The largest absolute Gasteiger partial charge is 0.497 e. The van der Waals surface area contributed by atoms with E-state index in [0.717, 1.165) is 29.8 Å². The number of nitrogens with zero attached hydrogens (tertiary/aromatic N) is 5. The van der Waals surface area contributed by atoms with Crippen LogP contribution in [0.5, 0.6) is 23.0 Å². The first kappa shape index (κ1) is 34.2. The molecule has 48 heavy (non-hydrogen) atoms. The smallest absolute Gasteiger partial charge is 0.421 e. The van der Waals surface area contributed by atoms with Gasteiger partial charge in [-0.25, -0.2) is 9.78 Å². The number of piperazine rings is 1. The molecule has 1 saturated heterocycles. The van der Waals surface area contributed by atoms with E-state index in [2.05, 4.69) is 20.2 Å². The van der Waals surface area contributed by atoms with E-state index in [1.165, 1.54) is 17.2 Å². The molecule has 0 spiro atoms. The van der Waals surface area contributed by atoms with Gasteiger partial charge in [0.05, 0.1) is 26.5 Å². The monoisotopic (exact) mass is 662 g/mol. The number of halogens is 2. The number of ether oxygens (including phenoxy) is 4. The van der Waals surface area contributed by atoms with Crippen LogP contribution in [0.1, 0.15) is 22.3 Å². The summed E-state index contributed by atoms with van der Waals surface area (Å²) < 4.78 is 48.8. The van der Waals surface area contributed by atoms with Crippen LogP contribution in [0.15, 0.2) is 60.8 Å². The highest BCUT2D eigenvalue weighted by Crippen LogP contribution is 2.35. The van der Waals surface area contributed by atoms with Gasteiger partial charge in [-0.2, -0.15) is 13.8 Å². The predicted molar refractivity (Wildman–Crippen MR) is 181 cm³/mol. The molecule has 0 radical (unpaired) electrons. The fourth-order valence-electron chi connectivity index (χ4n) is 5.66. The number of hydrogen-bond acceptors (Lipinski definition) is 10. The number of rotatable bonds is 11. The Bertz CT molecular complexity index is 1730. The van der Waals surface area contributed by atoms with Gasteiger partial charge in [-0.15, -0.1) is 0 Å². The van der Waals surface area contributed by atoms with Crippen LogP contribution in [-0.2, 0) is 6.54 Å². The number of aryl methyl sites for hydroxylation is 3. The Hall–Kier alpha value is -5.17. The van der Waals surface area contributed by atoms with Crippen molar-refractivity contribution in [2.45, 2.75) is 33.9 Å². The Morgan fingerprint density at radius 3 is 2.33 bits per heavy atom. The van der Waals surface area contributed by atoms with Crippen molar-refractivity contribution >= 4 is 29.2 Å². The molecule has 0 unspecified atom stereocenters. The van der Waals surface area contributed by atoms with Gasteiger partial charge in [0.2, 0.25) is 5.95 Å². The summed E-state index contributed by atoms with van der Waals surface area (Å²) in [5.41, 5.74) is 4.32. The predicted octanol–water partition coefficient (Wildman–Crippen LogP) is 6.72. The van der Waals surface area contributed by atoms with Crippen LogP contribution >= 0.6 is 0 Å². The van der Waals surface area contributed by atoms with Gasteiger partial charge < -0.3 is 34.1 Å². The van der Waals surface area contributed by atoms with Crippen LogP contribution < -0.4 is 34.1 Å². The van der Waals surface area contributed by atoms with E-state index in [-0.39, 0.29) is 24.1 Å². The van der Waals surface area contributed by atoms with E-state index in [9.17, 15) is 13.6 Å². The van der Waals surface area contributed by atoms with Crippen LogP contribution in [0.4, 0.5) is 36.7 Å². The Morgan fingerprint density at radius 1 is 0.938 bits per heavy atom. The highest BCUT2D eigenvalue weighted by atomic mass is 19.3.